The minimum absolute atomic E-state index is 0.00926. The first kappa shape index (κ1) is 16.0. The normalized spacial score (nSPS) is 19.0. The van der Waals surface area contributed by atoms with E-state index in [0.717, 1.165) is 18.4 Å². The first-order valence-electron chi connectivity index (χ1n) is 8.09. The van der Waals surface area contributed by atoms with Gasteiger partial charge in [0.15, 0.2) is 0 Å². The highest BCUT2D eigenvalue weighted by atomic mass is 16.1. The van der Waals surface area contributed by atoms with E-state index in [9.17, 15) is 4.79 Å². The van der Waals surface area contributed by atoms with Crippen molar-refractivity contribution in [2.45, 2.75) is 64.0 Å². The Kier molecular flexibility index (Phi) is 5.40. The second-order valence-corrected chi connectivity index (χ2v) is 6.47. The molecule has 1 fully saturated rings. The van der Waals surface area contributed by atoms with Gasteiger partial charge in [0.25, 0.3) is 0 Å². The molecule has 0 bridgehead atoms. The summed E-state index contributed by atoms with van der Waals surface area (Å²) >= 11 is 0. The van der Waals surface area contributed by atoms with Crippen molar-refractivity contribution in [1.29, 1.82) is 0 Å². The predicted molar refractivity (Wildman–Crippen MR) is 87.2 cm³/mol. The molecule has 0 saturated heterocycles. The third-order valence-corrected chi connectivity index (χ3v) is 4.79. The highest BCUT2D eigenvalue weighted by molar-refractivity contribution is 5.77. The molecule has 0 heterocycles. The number of hydrogen-bond acceptors (Lipinski definition) is 2. The maximum absolute atomic E-state index is 12.4. The molecular weight excluding hydrogens is 260 g/mol. The maximum Gasteiger partial charge on any atom is 0.222 e. The van der Waals surface area contributed by atoms with E-state index >= 15 is 0 Å². The molecule has 1 aromatic carbocycles. The summed E-state index contributed by atoms with van der Waals surface area (Å²) in [4.78, 5) is 12.4. The maximum atomic E-state index is 12.4. The van der Waals surface area contributed by atoms with Gasteiger partial charge < -0.3 is 10.6 Å². The second-order valence-electron chi connectivity index (χ2n) is 6.47. The largest absolute Gasteiger partial charge is 0.350 e. The Labute approximate surface area is 128 Å². The summed E-state index contributed by atoms with van der Waals surface area (Å²) < 4.78 is 0. The second kappa shape index (κ2) is 7.08. The Balaban J connectivity index is 1.92. The third kappa shape index (κ3) is 4.31. The molecule has 21 heavy (non-hydrogen) atoms. The van der Waals surface area contributed by atoms with Gasteiger partial charge in [0.05, 0.1) is 6.04 Å². The van der Waals surface area contributed by atoms with Crippen LogP contribution in [0, 0.1) is 6.92 Å². The van der Waals surface area contributed by atoms with Gasteiger partial charge in [-0.05, 0) is 39.3 Å². The van der Waals surface area contributed by atoms with Gasteiger partial charge in [0.1, 0.15) is 0 Å². The van der Waals surface area contributed by atoms with Crippen LogP contribution in [0.25, 0.3) is 0 Å². The van der Waals surface area contributed by atoms with Crippen molar-refractivity contribution in [2.24, 2.45) is 0 Å². The fourth-order valence-electron chi connectivity index (χ4n) is 3.28. The summed E-state index contributed by atoms with van der Waals surface area (Å²) in [6.45, 7) is 4.13. The minimum Gasteiger partial charge on any atom is -0.350 e. The number of rotatable bonds is 5. The predicted octanol–water partition coefficient (Wildman–Crippen LogP) is 3.48. The molecule has 1 aliphatic carbocycles. The van der Waals surface area contributed by atoms with Crippen molar-refractivity contribution >= 4 is 5.91 Å². The van der Waals surface area contributed by atoms with Crippen molar-refractivity contribution in [3.8, 4) is 0 Å². The van der Waals surface area contributed by atoms with Crippen LogP contribution in [0.5, 0.6) is 0 Å². The highest BCUT2D eigenvalue weighted by Gasteiger charge is 2.32. The van der Waals surface area contributed by atoms with Gasteiger partial charge in [0.2, 0.25) is 5.91 Å². The van der Waals surface area contributed by atoms with E-state index < -0.39 is 0 Å². The topological polar surface area (TPSA) is 41.1 Å². The average molecular weight is 288 g/mol. The molecule has 0 spiro atoms. The Hall–Kier alpha value is -1.35. The van der Waals surface area contributed by atoms with Gasteiger partial charge in [-0.2, -0.15) is 0 Å². The lowest BCUT2D eigenvalue weighted by atomic mass is 9.79. The Morgan fingerprint density at radius 2 is 1.81 bits per heavy atom. The molecule has 1 aliphatic rings. The fraction of sp³-hybridized carbons (Fsp3) is 0.611. The SMILES string of the molecule is CNC1(CC(=O)N[C@@H](C)c2ccc(C)cc2)CCCCC1. The lowest BCUT2D eigenvalue weighted by molar-refractivity contribution is -0.123. The zero-order valence-electron chi connectivity index (χ0n) is 13.5. The van der Waals surface area contributed by atoms with E-state index in [1.807, 2.05) is 7.05 Å². The van der Waals surface area contributed by atoms with E-state index in [0.29, 0.717) is 6.42 Å². The third-order valence-electron chi connectivity index (χ3n) is 4.79. The van der Waals surface area contributed by atoms with Crippen LogP contribution in [0.3, 0.4) is 0 Å². The van der Waals surface area contributed by atoms with Crippen LogP contribution in [-0.2, 0) is 4.79 Å². The van der Waals surface area contributed by atoms with Crippen molar-refractivity contribution < 1.29 is 4.79 Å². The van der Waals surface area contributed by atoms with E-state index in [4.69, 9.17) is 0 Å². The van der Waals surface area contributed by atoms with Gasteiger partial charge in [0, 0.05) is 12.0 Å². The number of benzene rings is 1. The zero-order valence-corrected chi connectivity index (χ0v) is 13.5. The lowest BCUT2D eigenvalue weighted by Gasteiger charge is -2.37. The number of carbonyl (C=O) groups excluding carboxylic acids is 1. The van der Waals surface area contributed by atoms with Crippen molar-refractivity contribution in [1.82, 2.24) is 10.6 Å². The lowest BCUT2D eigenvalue weighted by Crippen LogP contribution is -2.48. The molecule has 3 heteroatoms. The van der Waals surface area contributed by atoms with Crippen molar-refractivity contribution in [3.05, 3.63) is 35.4 Å². The smallest absolute Gasteiger partial charge is 0.222 e. The highest BCUT2D eigenvalue weighted by Crippen LogP contribution is 2.30. The van der Waals surface area contributed by atoms with E-state index in [-0.39, 0.29) is 17.5 Å². The van der Waals surface area contributed by atoms with E-state index in [1.165, 1.54) is 24.8 Å². The van der Waals surface area contributed by atoms with Crippen LogP contribution < -0.4 is 10.6 Å². The molecule has 3 nitrogen and oxygen atoms in total. The summed E-state index contributed by atoms with van der Waals surface area (Å²) in [6, 6.07) is 8.43. The zero-order chi connectivity index (χ0) is 15.3. The molecule has 2 rings (SSSR count). The average Bonchev–Trinajstić information content (AvgIpc) is 2.48. The number of hydrogen-bond donors (Lipinski definition) is 2. The first-order valence-corrected chi connectivity index (χ1v) is 8.09. The standard InChI is InChI=1S/C18H28N2O/c1-14-7-9-16(10-8-14)15(2)20-17(21)13-18(19-3)11-5-4-6-12-18/h7-10,15,19H,4-6,11-13H2,1-3H3,(H,20,21)/t15-/m0/s1. The number of aryl methyl sites for hydroxylation is 1. The van der Waals surface area contributed by atoms with Crippen molar-refractivity contribution in [2.75, 3.05) is 7.05 Å². The van der Waals surface area contributed by atoms with Gasteiger partial charge >= 0.3 is 0 Å². The van der Waals surface area contributed by atoms with Crippen molar-refractivity contribution in [3.63, 3.8) is 0 Å². The van der Waals surface area contributed by atoms with Gasteiger partial charge in [-0.15, -0.1) is 0 Å². The number of carbonyl (C=O) groups is 1. The van der Waals surface area contributed by atoms with Crippen LogP contribution in [-0.4, -0.2) is 18.5 Å². The minimum atomic E-state index is 0.00926. The fourth-order valence-corrected chi connectivity index (χ4v) is 3.28. The molecule has 1 amide bonds. The Morgan fingerprint density at radius 1 is 1.19 bits per heavy atom. The summed E-state index contributed by atoms with van der Waals surface area (Å²) in [5.74, 6) is 0.152. The molecule has 0 aromatic heterocycles. The summed E-state index contributed by atoms with van der Waals surface area (Å²) in [7, 11) is 1.99. The quantitative estimate of drug-likeness (QED) is 0.871. The monoisotopic (exact) mass is 288 g/mol. The molecule has 0 aliphatic heterocycles. The molecule has 1 atom stereocenters. The molecule has 0 unspecified atom stereocenters. The van der Waals surface area contributed by atoms with Crippen LogP contribution in [0.4, 0.5) is 0 Å². The van der Waals surface area contributed by atoms with Crippen LogP contribution in [0.2, 0.25) is 0 Å². The van der Waals surface area contributed by atoms with Gasteiger partial charge in [-0.1, -0.05) is 49.1 Å². The molecule has 1 saturated carbocycles. The Bertz CT molecular complexity index is 461. The van der Waals surface area contributed by atoms with Crippen LogP contribution in [0.1, 0.15) is 62.6 Å². The molecule has 116 valence electrons. The summed E-state index contributed by atoms with van der Waals surface area (Å²) in [5, 5.41) is 6.55. The van der Waals surface area contributed by atoms with E-state index in [2.05, 4.69) is 48.7 Å². The Morgan fingerprint density at radius 3 is 2.38 bits per heavy atom. The number of nitrogens with one attached hydrogen (secondary N) is 2. The molecule has 2 N–H and O–H groups in total. The number of amides is 1. The summed E-state index contributed by atoms with van der Waals surface area (Å²) in [5.41, 5.74) is 2.42. The molecule has 0 radical (unpaired) electrons. The molecular formula is C18H28N2O. The summed E-state index contributed by atoms with van der Waals surface area (Å²) in [6.07, 6.45) is 6.54. The molecule has 1 aromatic rings. The van der Waals surface area contributed by atoms with Gasteiger partial charge in [-0.3, -0.25) is 4.79 Å². The first-order chi connectivity index (χ1) is 10.0. The van der Waals surface area contributed by atoms with Crippen LogP contribution >= 0.6 is 0 Å². The van der Waals surface area contributed by atoms with Crippen LogP contribution in [0.15, 0.2) is 24.3 Å². The van der Waals surface area contributed by atoms with E-state index in [1.54, 1.807) is 0 Å². The van der Waals surface area contributed by atoms with Gasteiger partial charge in [-0.25, -0.2) is 0 Å².